The van der Waals surface area contributed by atoms with Crippen LogP contribution in [0.3, 0.4) is 0 Å². The maximum atomic E-state index is 11.5. The molecule has 2 N–H and O–H groups in total. The lowest BCUT2D eigenvalue weighted by molar-refractivity contribution is 0.190. The van der Waals surface area contributed by atoms with Crippen LogP contribution in [0.25, 0.3) is 0 Å². The first-order valence-corrected chi connectivity index (χ1v) is 6.34. The fourth-order valence-corrected chi connectivity index (χ4v) is 2.04. The minimum Gasteiger partial charge on any atom is -0.395 e. The van der Waals surface area contributed by atoms with Crippen molar-refractivity contribution < 1.29 is 9.90 Å². The van der Waals surface area contributed by atoms with Gasteiger partial charge in [-0.3, -0.25) is 0 Å². The molecule has 2 amide bonds. The Bertz CT molecular complexity index is 393. The highest BCUT2D eigenvalue weighted by Gasteiger charge is 2.08. The Balaban J connectivity index is 2.44. The predicted octanol–water partition coefficient (Wildman–Crippen LogP) is 2.17. The molecule has 0 saturated heterocycles. The van der Waals surface area contributed by atoms with Crippen LogP contribution in [0, 0.1) is 0 Å². The van der Waals surface area contributed by atoms with Crippen molar-refractivity contribution in [3.05, 3.63) is 33.8 Å². The highest BCUT2D eigenvalue weighted by atomic mass is 35.5. The van der Waals surface area contributed by atoms with Crippen LogP contribution in [0.5, 0.6) is 0 Å². The maximum Gasteiger partial charge on any atom is 0.317 e. The van der Waals surface area contributed by atoms with E-state index >= 15 is 0 Å². The van der Waals surface area contributed by atoms with E-state index in [1.54, 1.807) is 25.2 Å². The van der Waals surface area contributed by atoms with Gasteiger partial charge in [-0.25, -0.2) is 4.79 Å². The Labute approximate surface area is 116 Å². The number of halogens is 2. The smallest absolute Gasteiger partial charge is 0.317 e. The van der Waals surface area contributed by atoms with E-state index in [1.165, 1.54) is 4.90 Å². The number of aliphatic hydroxyl groups excluding tert-OH is 1. The minimum absolute atomic E-state index is 0.0553. The van der Waals surface area contributed by atoms with E-state index in [0.29, 0.717) is 29.6 Å². The summed E-state index contributed by atoms with van der Waals surface area (Å²) in [7, 11) is 1.62. The van der Waals surface area contributed by atoms with Gasteiger partial charge in [-0.2, -0.15) is 0 Å². The van der Waals surface area contributed by atoms with Crippen molar-refractivity contribution in [2.45, 2.75) is 6.42 Å². The molecule has 6 heteroatoms. The number of likely N-dealkylation sites (N-methyl/N-ethyl adjacent to an activating group) is 1. The minimum atomic E-state index is -0.229. The molecule has 0 radical (unpaired) electrons. The highest BCUT2D eigenvalue weighted by molar-refractivity contribution is 6.35. The van der Waals surface area contributed by atoms with Crippen molar-refractivity contribution in [3.8, 4) is 0 Å². The number of carbonyl (C=O) groups is 1. The van der Waals surface area contributed by atoms with Crippen molar-refractivity contribution >= 4 is 29.2 Å². The Kier molecular flexibility index (Phi) is 6.25. The zero-order valence-corrected chi connectivity index (χ0v) is 11.6. The van der Waals surface area contributed by atoms with Crippen molar-refractivity contribution in [2.24, 2.45) is 0 Å². The summed E-state index contributed by atoms with van der Waals surface area (Å²) in [5, 5.41) is 12.6. The summed E-state index contributed by atoms with van der Waals surface area (Å²) in [6.07, 6.45) is 0.567. The maximum absolute atomic E-state index is 11.5. The van der Waals surface area contributed by atoms with Crippen LogP contribution >= 0.6 is 23.2 Å². The summed E-state index contributed by atoms with van der Waals surface area (Å²) < 4.78 is 0. The normalized spacial score (nSPS) is 10.2. The fraction of sp³-hybridized carbons (Fsp3) is 0.417. The predicted molar refractivity (Wildman–Crippen MR) is 73.3 cm³/mol. The zero-order valence-electron chi connectivity index (χ0n) is 10.1. The summed E-state index contributed by atoms with van der Waals surface area (Å²) in [5.74, 6) is 0. The molecule has 100 valence electrons. The van der Waals surface area contributed by atoms with Gasteiger partial charge >= 0.3 is 6.03 Å². The number of amides is 2. The molecule has 18 heavy (non-hydrogen) atoms. The Morgan fingerprint density at radius 2 is 2.00 bits per heavy atom. The third kappa shape index (κ3) is 4.37. The van der Waals surface area contributed by atoms with Crippen LogP contribution in [0.2, 0.25) is 10.0 Å². The number of nitrogens with zero attached hydrogens (tertiary/aromatic N) is 1. The molecule has 1 rings (SSSR count). The van der Waals surface area contributed by atoms with Crippen LogP contribution in [0.1, 0.15) is 5.56 Å². The van der Waals surface area contributed by atoms with Crippen molar-refractivity contribution in [1.29, 1.82) is 0 Å². The number of rotatable bonds is 5. The number of nitrogens with one attached hydrogen (secondary N) is 1. The van der Waals surface area contributed by atoms with Gasteiger partial charge in [0.15, 0.2) is 0 Å². The second-order valence-corrected chi connectivity index (χ2v) is 4.64. The Morgan fingerprint density at radius 1 is 1.39 bits per heavy atom. The molecule has 0 unspecified atom stereocenters. The van der Waals surface area contributed by atoms with Gasteiger partial charge in [0.1, 0.15) is 0 Å². The van der Waals surface area contributed by atoms with Crippen LogP contribution in [0.4, 0.5) is 4.79 Å². The largest absolute Gasteiger partial charge is 0.395 e. The molecular formula is C12H16Cl2N2O2. The molecule has 1 aromatic carbocycles. The van der Waals surface area contributed by atoms with E-state index in [9.17, 15) is 4.79 Å². The average Bonchev–Trinajstić information content (AvgIpc) is 2.33. The molecule has 0 aliphatic heterocycles. The molecule has 0 aliphatic carbocycles. The third-order valence-electron chi connectivity index (χ3n) is 2.50. The van der Waals surface area contributed by atoms with Crippen molar-refractivity contribution in [1.82, 2.24) is 10.2 Å². The van der Waals surface area contributed by atoms with E-state index < -0.39 is 0 Å². The van der Waals surface area contributed by atoms with Gasteiger partial charge in [-0.1, -0.05) is 29.3 Å². The quantitative estimate of drug-likeness (QED) is 0.873. The van der Waals surface area contributed by atoms with Crippen LogP contribution in [-0.2, 0) is 6.42 Å². The first-order chi connectivity index (χ1) is 8.56. The van der Waals surface area contributed by atoms with E-state index in [-0.39, 0.29) is 12.6 Å². The van der Waals surface area contributed by atoms with E-state index in [2.05, 4.69) is 5.32 Å². The molecule has 0 spiro atoms. The molecule has 0 fully saturated rings. The highest BCUT2D eigenvalue weighted by Crippen LogP contribution is 2.24. The van der Waals surface area contributed by atoms with Crippen molar-refractivity contribution in [2.75, 3.05) is 26.7 Å². The van der Waals surface area contributed by atoms with E-state index in [0.717, 1.165) is 5.56 Å². The average molecular weight is 291 g/mol. The zero-order chi connectivity index (χ0) is 13.5. The standard InChI is InChI=1S/C12H16Cl2N2O2/c1-16(7-8-17)12(18)15-6-5-9-10(13)3-2-4-11(9)14/h2-4,17H,5-8H2,1H3,(H,15,18). The topological polar surface area (TPSA) is 52.6 Å². The Morgan fingerprint density at radius 3 is 2.56 bits per heavy atom. The third-order valence-corrected chi connectivity index (χ3v) is 3.20. The van der Waals surface area contributed by atoms with E-state index in [4.69, 9.17) is 28.3 Å². The first kappa shape index (κ1) is 15.1. The summed E-state index contributed by atoms with van der Waals surface area (Å²) in [6.45, 7) is 0.691. The molecule has 1 aromatic rings. The molecule has 0 saturated carbocycles. The summed E-state index contributed by atoms with van der Waals surface area (Å²) in [4.78, 5) is 12.9. The molecule has 0 heterocycles. The summed E-state index contributed by atoms with van der Waals surface area (Å²) in [5.41, 5.74) is 0.825. The number of benzene rings is 1. The fourth-order valence-electron chi connectivity index (χ4n) is 1.45. The number of carbonyl (C=O) groups excluding carboxylic acids is 1. The van der Waals surface area contributed by atoms with Gasteiger partial charge in [0.2, 0.25) is 0 Å². The second kappa shape index (κ2) is 7.46. The van der Waals surface area contributed by atoms with E-state index in [1.807, 2.05) is 0 Å². The van der Waals surface area contributed by atoms with Crippen LogP contribution in [0.15, 0.2) is 18.2 Å². The molecule has 0 aliphatic rings. The lowest BCUT2D eigenvalue weighted by Crippen LogP contribution is -2.39. The number of urea groups is 1. The molecular weight excluding hydrogens is 275 g/mol. The van der Waals surface area contributed by atoms with Gasteiger partial charge in [0.05, 0.1) is 6.61 Å². The first-order valence-electron chi connectivity index (χ1n) is 5.59. The van der Waals surface area contributed by atoms with Crippen LogP contribution < -0.4 is 5.32 Å². The lowest BCUT2D eigenvalue weighted by atomic mass is 10.1. The van der Waals surface area contributed by atoms with Gasteiger partial charge in [-0.05, 0) is 24.1 Å². The second-order valence-electron chi connectivity index (χ2n) is 3.83. The van der Waals surface area contributed by atoms with Gasteiger partial charge in [0.25, 0.3) is 0 Å². The number of hydrogen-bond donors (Lipinski definition) is 2. The summed E-state index contributed by atoms with van der Waals surface area (Å²) >= 11 is 12.0. The molecule has 4 nitrogen and oxygen atoms in total. The number of aliphatic hydroxyl groups is 1. The summed E-state index contributed by atoms with van der Waals surface area (Å²) in [6, 6.07) is 5.08. The Hall–Kier alpha value is -0.970. The molecule has 0 aromatic heterocycles. The van der Waals surface area contributed by atoms with Gasteiger partial charge < -0.3 is 15.3 Å². The lowest BCUT2D eigenvalue weighted by Gasteiger charge is -2.16. The molecule has 0 bridgehead atoms. The van der Waals surface area contributed by atoms with Gasteiger partial charge in [0, 0.05) is 30.2 Å². The van der Waals surface area contributed by atoms with Crippen molar-refractivity contribution in [3.63, 3.8) is 0 Å². The monoisotopic (exact) mass is 290 g/mol. The molecule has 0 atom stereocenters. The SMILES string of the molecule is CN(CCO)C(=O)NCCc1c(Cl)cccc1Cl. The number of hydrogen-bond acceptors (Lipinski definition) is 2. The van der Waals surface area contributed by atoms with Gasteiger partial charge in [-0.15, -0.1) is 0 Å². The van der Waals surface area contributed by atoms with Crippen LogP contribution in [-0.4, -0.2) is 42.8 Å².